The number of benzene rings is 1. The van der Waals surface area contributed by atoms with E-state index in [4.69, 9.17) is 23.8 Å². The van der Waals surface area contributed by atoms with Gasteiger partial charge in [0.15, 0.2) is 0 Å². The van der Waals surface area contributed by atoms with Gasteiger partial charge in [0, 0.05) is 23.6 Å². The van der Waals surface area contributed by atoms with Gasteiger partial charge >= 0.3 is 0 Å². The molecule has 4 heteroatoms. The molecule has 0 bridgehead atoms. The fourth-order valence-electron chi connectivity index (χ4n) is 1.52. The zero-order valence-electron chi connectivity index (χ0n) is 8.52. The lowest BCUT2D eigenvalue weighted by Gasteiger charge is -2.24. The first-order valence-corrected chi connectivity index (χ1v) is 5.72. The monoisotopic (exact) mass is 251 g/mol. The lowest BCUT2D eigenvalue weighted by Crippen LogP contribution is -2.37. The van der Waals surface area contributed by atoms with Gasteiger partial charge in [-0.1, -0.05) is 36.0 Å². The van der Waals surface area contributed by atoms with Crippen molar-refractivity contribution in [3.05, 3.63) is 47.0 Å². The van der Waals surface area contributed by atoms with Crippen molar-refractivity contribution in [1.82, 2.24) is 4.90 Å². The van der Waals surface area contributed by atoms with Gasteiger partial charge in [0.2, 0.25) is 0 Å². The topological polar surface area (TPSA) is 20.3 Å². The van der Waals surface area contributed by atoms with E-state index in [1.54, 1.807) is 29.2 Å². The fourth-order valence-corrected chi connectivity index (χ4v) is 1.90. The highest BCUT2D eigenvalue weighted by atomic mass is 35.5. The Kier molecular flexibility index (Phi) is 3.36. The van der Waals surface area contributed by atoms with E-state index in [0.717, 1.165) is 0 Å². The first-order valence-electron chi connectivity index (χ1n) is 4.94. The summed E-state index contributed by atoms with van der Waals surface area (Å²) in [5.41, 5.74) is 0.613. The summed E-state index contributed by atoms with van der Waals surface area (Å²) in [5.74, 6) is -0.0639. The third kappa shape index (κ3) is 2.31. The molecule has 0 spiro atoms. The SMILES string of the molecule is O=C(c1ccc(Cl)cc1)N1CC=CCC1=S. The lowest BCUT2D eigenvalue weighted by atomic mass is 10.1. The Balaban J connectivity index is 2.21. The molecule has 0 saturated heterocycles. The van der Waals surface area contributed by atoms with Crippen LogP contribution in [0.4, 0.5) is 0 Å². The van der Waals surface area contributed by atoms with Crippen molar-refractivity contribution in [2.75, 3.05) is 6.54 Å². The maximum Gasteiger partial charge on any atom is 0.258 e. The van der Waals surface area contributed by atoms with Gasteiger partial charge in [-0.3, -0.25) is 9.69 Å². The number of carbonyl (C=O) groups excluding carboxylic acids is 1. The predicted molar refractivity (Wildman–Crippen MR) is 68.8 cm³/mol. The van der Waals surface area contributed by atoms with Crippen LogP contribution in [0.1, 0.15) is 16.8 Å². The van der Waals surface area contributed by atoms with E-state index in [1.807, 2.05) is 12.2 Å². The average molecular weight is 252 g/mol. The van der Waals surface area contributed by atoms with Crippen molar-refractivity contribution >= 4 is 34.7 Å². The fraction of sp³-hybridized carbons (Fsp3) is 0.167. The van der Waals surface area contributed by atoms with Crippen molar-refractivity contribution in [3.8, 4) is 0 Å². The average Bonchev–Trinajstić information content (AvgIpc) is 2.30. The summed E-state index contributed by atoms with van der Waals surface area (Å²) in [6.45, 7) is 0.556. The molecule has 0 aromatic heterocycles. The van der Waals surface area contributed by atoms with Gasteiger partial charge in [0.1, 0.15) is 0 Å². The van der Waals surface area contributed by atoms with Crippen molar-refractivity contribution in [3.63, 3.8) is 0 Å². The number of thiocarbonyl (C=S) groups is 1. The molecule has 0 saturated carbocycles. The minimum absolute atomic E-state index is 0.0639. The second kappa shape index (κ2) is 4.76. The number of hydrogen-bond acceptors (Lipinski definition) is 2. The minimum Gasteiger partial charge on any atom is -0.298 e. The van der Waals surface area contributed by atoms with E-state index in [1.165, 1.54) is 0 Å². The van der Waals surface area contributed by atoms with Gasteiger partial charge in [0.05, 0.1) is 4.99 Å². The molecular formula is C12H10ClNOS. The highest BCUT2D eigenvalue weighted by molar-refractivity contribution is 7.80. The van der Waals surface area contributed by atoms with Crippen LogP contribution in [-0.4, -0.2) is 22.3 Å². The standard InChI is InChI=1S/C12H10ClNOS/c13-10-6-4-9(5-7-10)12(15)14-8-2-1-3-11(14)16/h1-2,4-7H,3,8H2. The van der Waals surface area contributed by atoms with E-state index in [-0.39, 0.29) is 5.91 Å². The predicted octanol–water partition coefficient (Wildman–Crippen LogP) is 3.07. The normalized spacial score (nSPS) is 15.3. The van der Waals surface area contributed by atoms with Crippen LogP contribution in [0.5, 0.6) is 0 Å². The third-order valence-corrected chi connectivity index (χ3v) is 3.02. The smallest absolute Gasteiger partial charge is 0.258 e. The molecule has 1 aliphatic heterocycles. The molecule has 0 unspecified atom stereocenters. The summed E-state index contributed by atoms with van der Waals surface area (Å²) in [7, 11) is 0. The van der Waals surface area contributed by atoms with E-state index in [2.05, 4.69) is 0 Å². The molecule has 2 rings (SSSR count). The molecule has 0 aliphatic carbocycles. The van der Waals surface area contributed by atoms with Crippen LogP contribution in [0.25, 0.3) is 0 Å². The molecule has 1 aromatic carbocycles. The first kappa shape index (κ1) is 11.3. The van der Waals surface area contributed by atoms with Crippen molar-refractivity contribution in [1.29, 1.82) is 0 Å². The maximum atomic E-state index is 12.1. The van der Waals surface area contributed by atoms with Gasteiger partial charge in [-0.25, -0.2) is 0 Å². The van der Waals surface area contributed by atoms with Crippen LogP contribution >= 0.6 is 23.8 Å². The van der Waals surface area contributed by atoms with Gasteiger partial charge < -0.3 is 0 Å². The van der Waals surface area contributed by atoms with Gasteiger partial charge in [0.25, 0.3) is 5.91 Å². The number of carbonyl (C=O) groups is 1. The molecule has 1 aromatic rings. The third-order valence-electron chi connectivity index (χ3n) is 2.38. The maximum absolute atomic E-state index is 12.1. The van der Waals surface area contributed by atoms with Crippen LogP contribution in [0.2, 0.25) is 5.02 Å². The Morgan fingerprint density at radius 3 is 2.56 bits per heavy atom. The molecule has 16 heavy (non-hydrogen) atoms. The number of hydrogen-bond donors (Lipinski definition) is 0. The Morgan fingerprint density at radius 1 is 1.25 bits per heavy atom. The van der Waals surface area contributed by atoms with E-state index < -0.39 is 0 Å². The quantitative estimate of drug-likeness (QED) is 0.565. The van der Waals surface area contributed by atoms with E-state index >= 15 is 0 Å². The minimum atomic E-state index is -0.0639. The van der Waals surface area contributed by atoms with E-state index in [9.17, 15) is 4.79 Å². The summed E-state index contributed by atoms with van der Waals surface area (Å²) < 4.78 is 0. The lowest BCUT2D eigenvalue weighted by molar-refractivity contribution is 0.0857. The zero-order valence-corrected chi connectivity index (χ0v) is 10.1. The van der Waals surface area contributed by atoms with Crippen molar-refractivity contribution < 1.29 is 4.79 Å². The van der Waals surface area contributed by atoms with Crippen LogP contribution in [0.15, 0.2) is 36.4 Å². The van der Waals surface area contributed by atoms with Crippen molar-refractivity contribution in [2.24, 2.45) is 0 Å². The molecule has 82 valence electrons. The van der Waals surface area contributed by atoms with Gasteiger partial charge in [-0.15, -0.1) is 0 Å². The van der Waals surface area contributed by atoms with Crippen LogP contribution in [-0.2, 0) is 0 Å². The second-order valence-corrected chi connectivity index (χ2v) is 4.40. The summed E-state index contributed by atoms with van der Waals surface area (Å²) >= 11 is 10.9. The Hall–Kier alpha value is -1.19. The molecule has 0 atom stereocenters. The molecule has 1 aliphatic rings. The molecule has 0 N–H and O–H groups in total. The molecule has 2 nitrogen and oxygen atoms in total. The Bertz CT molecular complexity index is 453. The summed E-state index contributed by atoms with van der Waals surface area (Å²) in [4.78, 5) is 14.4. The summed E-state index contributed by atoms with van der Waals surface area (Å²) in [5, 5.41) is 0.623. The van der Waals surface area contributed by atoms with Crippen LogP contribution < -0.4 is 0 Å². The van der Waals surface area contributed by atoms with Crippen molar-refractivity contribution in [2.45, 2.75) is 6.42 Å². The summed E-state index contributed by atoms with van der Waals surface area (Å²) in [6, 6.07) is 6.84. The number of halogens is 1. The number of amides is 1. The number of nitrogens with zero attached hydrogens (tertiary/aromatic N) is 1. The zero-order chi connectivity index (χ0) is 11.5. The highest BCUT2D eigenvalue weighted by Crippen LogP contribution is 2.14. The number of rotatable bonds is 1. The molecule has 1 heterocycles. The highest BCUT2D eigenvalue weighted by Gasteiger charge is 2.19. The molecular weight excluding hydrogens is 242 g/mol. The Labute approximate surface area is 105 Å². The first-order chi connectivity index (χ1) is 7.68. The van der Waals surface area contributed by atoms with E-state index in [0.29, 0.717) is 28.5 Å². The second-order valence-electron chi connectivity index (χ2n) is 3.49. The molecule has 0 radical (unpaired) electrons. The largest absolute Gasteiger partial charge is 0.298 e. The van der Waals surface area contributed by atoms with Gasteiger partial charge in [-0.05, 0) is 24.3 Å². The summed E-state index contributed by atoms with van der Waals surface area (Å²) in [6.07, 6.45) is 4.59. The Morgan fingerprint density at radius 2 is 1.94 bits per heavy atom. The van der Waals surface area contributed by atoms with Crippen LogP contribution in [0.3, 0.4) is 0 Å². The molecule has 1 amide bonds. The van der Waals surface area contributed by atoms with Gasteiger partial charge in [-0.2, -0.15) is 0 Å². The van der Waals surface area contributed by atoms with Crippen LogP contribution in [0, 0.1) is 0 Å². The molecule has 0 fully saturated rings.